The van der Waals surface area contributed by atoms with Gasteiger partial charge in [0.1, 0.15) is 17.2 Å². The van der Waals surface area contributed by atoms with Crippen LogP contribution in [0.1, 0.15) is 34.1 Å². The molecule has 0 saturated carbocycles. The molecule has 23 heavy (non-hydrogen) atoms. The van der Waals surface area contributed by atoms with E-state index in [9.17, 15) is 18.4 Å². The van der Waals surface area contributed by atoms with Crippen molar-refractivity contribution in [3.05, 3.63) is 68.6 Å². The zero-order chi connectivity index (χ0) is 17.1. The van der Waals surface area contributed by atoms with E-state index in [0.717, 1.165) is 12.1 Å². The second-order valence-electron chi connectivity index (χ2n) is 5.11. The number of pyridine rings is 1. The summed E-state index contributed by atoms with van der Waals surface area (Å²) in [5.74, 6) is -2.42. The van der Waals surface area contributed by atoms with E-state index >= 15 is 0 Å². The molecule has 1 aromatic carbocycles. The van der Waals surface area contributed by atoms with Gasteiger partial charge in [-0.3, -0.25) is 14.8 Å². The molecule has 0 fully saturated rings. The lowest BCUT2D eigenvalue weighted by molar-refractivity contribution is 0.0704. The number of nitrogens with zero attached hydrogens (tertiary/aromatic N) is 1. The lowest BCUT2D eigenvalue weighted by Crippen LogP contribution is -2.34. The molecule has 0 aliphatic heterocycles. The Kier molecular flexibility index (Phi) is 4.90. The number of hydrogen-bond donors (Lipinski definition) is 2. The Hall–Kier alpha value is -2.54. The first-order valence-corrected chi connectivity index (χ1v) is 7.00. The van der Waals surface area contributed by atoms with Crippen molar-refractivity contribution in [2.45, 2.75) is 26.8 Å². The number of carbonyl (C=O) groups is 1. The van der Waals surface area contributed by atoms with E-state index in [2.05, 4.69) is 0 Å². The average molecular weight is 322 g/mol. The van der Waals surface area contributed by atoms with Crippen molar-refractivity contribution in [1.82, 2.24) is 10.0 Å². The van der Waals surface area contributed by atoms with Crippen LogP contribution in [0.3, 0.4) is 0 Å². The minimum absolute atomic E-state index is 0.129. The summed E-state index contributed by atoms with van der Waals surface area (Å²) in [4.78, 5) is 24.1. The van der Waals surface area contributed by atoms with E-state index in [0.29, 0.717) is 17.7 Å². The first-order valence-electron chi connectivity index (χ1n) is 7.00. The molecular weight excluding hydrogens is 306 g/mol. The molecule has 0 aliphatic rings. The molecule has 0 saturated heterocycles. The molecule has 2 N–H and O–H groups in total. The molecule has 1 heterocycles. The van der Waals surface area contributed by atoms with Gasteiger partial charge in [-0.05, 0) is 31.0 Å². The molecule has 0 bridgehead atoms. The Balaban J connectivity index is 2.62. The minimum atomic E-state index is -0.936. The van der Waals surface area contributed by atoms with Crippen molar-refractivity contribution in [2.75, 3.05) is 0 Å². The predicted octanol–water partition coefficient (Wildman–Crippen LogP) is 2.16. The summed E-state index contributed by atoms with van der Waals surface area (Å²) in [5.41, 5.74) is 1.95. The van der Waals surface area contributed by atoms with Crippen molar-refractivity contribution < 1.29 is 18.8 Å². The van der Waals surface area contributed by atoms with Gasteiger partial charge in [-0.2, -0.15) is 0 Å². The zero-order valence-electron chi connectivity index (χ0n) is 12.7. The maximum Gasteiger partial charge on any atom is 0.280 e. The van der Waals surface area contributed by atoms with Gasteiger partial charge in [0.2, 0.25) is 0 Å². The van der Waals surface area contributed by atoms with Crippen LogP contribution in [-0.2, 0) is 13.0 Å². The SMILES string of the molecule is CCc1c(C)cc(C(=O)NO)c(=O)n1Cc1ccc(F)cc1F. The third-order valence-electron chi connectivity index (χ3n) is 3.64. The van der Waals surface area contributed by atoms with Gasteiger partial charge >= 0.3 is 0 Å². The van der Waals surface area contributed by atoms with Crippen LogP contribution in [0.15, 0.2) is 29.1 Å². The highest BCUT2D eigenvalue weighted by Crippen LogP contribution is 2.15. The Labute approximate surface area is 131 Å². The molecule has 1 aromatic heterocycles. The molecule has 0 aliphatic carbocycles. The number of hydroxylamine groups is 1. The molecule has 7 heteroatoms. The molecule has 2 rings (SSSR count). The van der Waals surface area contributed by atoms with Gasteiger partial charge in [-0.1, -0.05) is 13.0 Å². The van der Waals surface area contributed by atoms with Crippen LogP contribution in [0.4, 0.5) is 8.78 Å². The van der Waals surface area contributed by atoms with Crippen molar-refractivity contribution in [2.24, 2.45) is 0 Å². The number of nitrogens with one attached hydrogen (secondary N) is 1. The maximum absolute atomic E-state index is 13.9. The van der Waals surface area contributed by atoms with Gasteiger partial charge in [0.15, 0.2) is 0 Å². The topological polar surface area (TPSA) is 71.3 Å². The van der Waals surface area contributed by atoms with Gasteiger partial charge in [0, 0.05) is 17.3 Å². The lowest BCUT2D eigenvalue weighted by Gasteiger charge is -2.16. The van der Waals surface area contributed by atoms with E-state index < -0.39 is 23.1 Å². The van der Waals surface area contributed by atoms with Gasteiger partial charge in [0.05, 0.1) is 6.54 Å². The number of aromatic nitrogens is 1. The van der Waals surface area contributed by atoms with Crippen LogP contribution in [0.5, 0.6) is 0 Å². The Morgan fingerprint density at radius 1 is 1.30 bits per heavy atom. The molecule has 0 atom stereocenters. The third kappa shape index (κ3) is 3.29. The number of carbonyl (C=O) groups excluding carboxylic acids is 1. The first-order chi connectivity index (χ1) is 10.9. The van der Waals surface area contributed by atoms with Gasteiger partial charge in [-0.15, -0.1) is 0 Å². The van der Waals surface area contributed by atoms with Crippen LogP contribution < -0.4 is 11.0 Å². The van der Waals surface area contributed by atoms with Crippen LogP contribution in [0.25, 0.3) is 0 Å². The summed E-state index contributed by atoms with van der Waals surface area (Å²) in [7, 11) is 0. The largest absolute Gasteiger partial charge is 0.307 e. The van der Waals surface area contributed by atoms with Crippen molar-refractivity contribution in [1.29, 1.82) is 0 Å². The van der Waals surface area contributed by atoms with Gasteiger partial charge in [-0.25, -0.2) is 14.3 Å². The standard InChI is InChI=1S/C16H16F2N2O3/c1-3-14-9(2)6-12(15(21)19-23)16(22)20(14)8-10-4-5-11(17)7-13(10)18/h4-7,23H,3,8H2,1-2H3,(H,19,21). The highest BCUT2D eigenvalue weighted by Gasteiger charge is 2.17. The van der Waals surface area contributed by atoms with E-state index in [1.54, 1.807) is 6.92 Å². The molecule has 122 valence electrons. The van der Waals surface area contributed by atoms with E-state index in [1.165, 1.54) is 22.2 Å². The Morgan fingerprint density at radius 2 is 2.00 bits per heavy atom. The second-order valence-corrected chi connectivity index (χ2v) is 5.11. The quantitative estimate of drug-likeness (QED) is 0.669. The Bertz CT molecular complexity index is 816. The second kappa shape index (κ2) is 6.70. The van der Waals surface area contributed by atoms with Crippen molar-refractivity contribution >= 4 is 5.91 Å². The minimum Gasteiger partial charge on any atom is -0.307 e. The first kappa shape index (κ1) is 16.8. The summed E-state index contributed by atoms with van der Waals surface area (Å²) in [5, 5.41) is 8.74. The third-order valence-corrected chi connectivity index (χ3v) is 3.64. The summed E-state index contributed by atoms with van der Waals surface area (Å²) in [6.45, 7) is 3.40. The monoisotopic (exact) mass is 322 g/mol. The number of hydrogen-bond acceptors (Lipinski definition) is 3. The predicted molar refractivity (Wildman–Crippen MR) is 79.5 cm³/mol. The smallest absolute Gasteiger partial charge is 0.280 e. The summed E-state index contributed by atoms with van der Waals surface area (Å²) in [6.07, 6.45) is 0.491. The molecule has 1 amide bonds. The molecule has 0 radical (unpaired) electrons. The number of benzene rings is 1. The Morgan fingerprint density at radius 3 is 2.57 bits per heavy atom. The van der Waals surface area contributed by atoms with Crippen LogP contribution in [0.2, 0.25) is 0 Å². The number of halogens is 2. The van der Waals surface area contributed by atoms with E-state index in [1.807, 2.05) is 6.92 Å². The van der Waals surface area contributed by atoms with Crippen molar-refractivity contribution in [3.63, 3.8) is 0 Å². The van der Waals surface area contributed by atoms with Gasteiger partial charge < -0.3 is 4.57 Å². The van der Waals surface area contributed by atoms with Crippen LogP contribution in [0, 0.1) is 18.6 Å². The molecule has 0 spiro atoms. The summed E-state index contributed by atoms with van der Waals surface area (Å²) < 4.78 is 28.1. The van der Waals surface area contributed by atoms with E-state index in [4.69, 9.17) is 5.21 Å². The number of amides is 1. The molecule has 2 aromatic rings. The molecule has 5 nitrogen and oxygen atoms in total. The molecule has 0 unspecified atom stereocenters. The lowest BCUT2D eigenvalue weighted by atomic mass is 10.1. The van der Waals surface area contributed by atoms with Crippen LogP contribution in [-0.4, -0.2) is 15.7 Å². The highest BCUT2D eigenvalue weighted by atomic mass is 19.1. The highest BCUT2D eigenvalue weighted by molar-refractivity contribution is 5.93. The molecular formula is C16H16F2N2O3. The number of aryl methyl sites for hydroxylation is 1. The normalized spacial score (nSPS) is 10.7. The fraction of sp³-hybridized carbons (Fsp3) is 0.250. The van der Waals surface area contributed by atoms with Gasteiger partial charge in [0.25, 0.3) is 11.5 Å². The summed E-state index contributed by atoms with van der Waals surface area (Å²) >= 11 is 0. The maximum atomic E-state index is 13.9. The fourth-order valence-corrected chi connectivity index (χ4v) is 2.52. The zero-order valence-corrected chi connectivity index (χ0v) is 12.7. The number of rotatable bonds is 4. The fourth-order valence-electron chi connectivity index (χ4n) is 2.52. The van der Waals surface area contributed by atoms with E-state index in [-0.39, 0.29) is 17.7 Å². The summed E-state index contributed by atoms with van der Waals surface area (Å²) in [6, 6.07) is 4.48. The average Bonchev–Trinajstić information content (AvgIpc) is 2.52. The van der Waals surface area contributed by atoms with Crippen LogP contribution >= 0.6 is 0 Å². The van der Waals surface area contributed by atoms with Crippen molar-refractivity contribution in [3.8, 4) is 0 Å².